The Morgan fingerprint density at radius 3 is 2.60 bits per heavy atom. The normalized spacial score (nSPS) is 31.8. The van der Waals surface area contributed by atoms with Crippen LogP contribution < -0.4 is 5.32 Å². The van der Waals surface area contributed by atoms with E-state index in [0.29, 0.717) is 0 Å². The fraction of sp³-hybridized carbons (Fsp3) is 1.00. The van der Waals surface area contributed by atoms with E-state index in [1.54, 1.807) is 0 Å². The van der Waals surface area contributed by atoms with Crippen LogP contribution in [0.15, 0.2) is 0 Å². The molecule has 15 heavy (non-hydrogen) atoms. The van der Waals surface area contributed by atoms with Gasteiger partial charge >= 0.3 is 0 Å². The van der Waals surface area contributed by atoms with Gasteiger partial charge < -0.3 is 5.32 Å². The molecule has 2 heteroatoms. The topological polar surface area (TPSA) is 12.0 Å². The largest absolute Gasteiger partial charge is 0.313 e. The molecule has 1 saturated carbocycles. The quantitative estimate of drug-likeness (QED) is 0.745. The molecular formula is C13H27NS. The maximum absolute atomic E-state index is 3.73. The smallest absolute Gasteiger partial charge is 0.0203 e. The average Bonchev–Trinajstić information content (AvgIpc) is 2.27. The van der Waals surface area contributed by atoms with Crippen molar-refractivity contribution in [2.45, 2.75) is 64.2 Å². The number of hydrogen-bond donors (Lipinski definition) is 1. The summed E-state index contributed by atoms with van der Waals surface area (Å²) in [5.41, 5.74) is 0. The van der Waals surface area contributed by atoms with Crippen molar-refractivity contribution in [1.29, 1.82) is 0 Å². The first kappa shape index (κ1) is 13.4. The van der Waals surface area contributed by atoms with Crippen LogP contribution in [0.25, 0.3) is 0 Å². The monoisotopic (exact) mass is 229 g/mol. The van der Waals surface area contributed by atoms with Crippen molar-refractivity contribution in [3.05, 3.63) is 0 Å². The summed E-state index contributed by atoms with van der Waals surface area (Å²) in [6.07, 6.45) is 6.92. The zero-order valence-electron chi connectivity index (χ0n) is 10.6. The molecule has 0 heterocycles. The summed E-state index contributed by atoms with van der Waals surface area (Å²) in [6, 6.07) is 0.790. The van der Waals surface area contributed by atoms with E-state index in [9.17, 15) is 0 Å². The van der Waals surface area contributed by atoms with E-state index in [0.717, 1.165) is 17.2 Å². The van der Waals surface area contributed by atoms with Crippen LogP contribution in [0.2, 0.25) is 0 Å². The predicted molar refractivity (Wildman–Crippen MR) is 71.6 cm³/mol. The molecule has 1 rings (SSSR count). The van der Waals surface area contributed by atoms with Gasteiger partial charge in [-0.25, -0.2) is 0 Å². The lowest BCUT2D eigenvalue weighted by Crippen LogP contribution is -2.43. The highest BCUT2D eigenvalue weighted by Crippen LogP contribution is 2.33. The molecule has 90 valence electrons. The van der Waals surface area contributed by atoms with E-state index < -0.39 is 0 Å². The van der Waals surface area contributed by atoms with Gasteiger partial charge in [0.05, 0.1) is 0 Å². The van der Waals surface area contributed by atoms with Crippen LogP contribution >= 0.6 is 11.8 Å². The maximum Gasteiger partial charge on any atom is 0.0203 e. The third-order valence-corrected chi connectivity index (χ3v) is 4.80. The number of hydrogen-bond acceptors (Lipinski definition) is 2. The zero-order chi connectivity index (χ0) is 11.1. The Bertz CT molecular complexity index is 161. The standard InChI is InChI=1S/C13H27NS/c1-4-9-14-12-8-7-11(5-2)10-13(12)15-6-3/h11-14H,4-10H2,1-3H3. The molecule has 1 aliphatic rings. The molecule has 3 atom stereocenters. The van der Waals surface area contributed by atoms with Crippen molar-refractivity contribution in [1.82, 2.24) is 5.32 Å². The SMILES string of the molecule is CCCNC1CCC(CC)CC1SCC. The van der Waals surface area contributed by atoms with E-state index in [1.165, 1.54) is 44.4 Å². The van der Waals surface area contributed by atoms with Gasteiger partial charge in [0.1, 0.15) is 0 Å². The predicted octanol–water partition coefficient (Wildman–Crippen LogP) is 3.69. The van der Waals surface area contributed by atoms with Crippen LogP contribution in [-0.2, 0) is 0 Å². The molecular weight excluding hydrogens is 202 g/mol. The van der Waals surface area contributed by atoms with Gasteiger partial charge in [0.2, 0.25) is 0 Å². The first-order valence-corrected chi connectivity index (χ1v) is 7.71. The van der Waals surface area contributed by atoms with Gasteiger partial charge in [-0.05, 0) is 43.9 Å². The van der Waals surface area contributed by atoms with Crippen LogP contribution in [0.5, 0.6) is 0 Å². The first-order chi connectivity index (χ1) is 7.31. The zero-order valence-corrected chi connectivity index (χ0v) is 11.4. The van der Waals surface area contributed by atoms with Gasteiger partial charge in [-0.15, -0.1) is 0 Å². The lowest BCUT2D eigenvalue weighted by Gasteiger charge is -2.36. The lowest BCUT2D eigenvalue weighted by atomic mass is 9.84. The molecule has 1 nitrogen and oxygen atoms in total. The molecule has 0 aromatic heterocycles. The van der Waals surface area contributed by atoms with Crippen LogP contribution in [-0.4, -0.2) is 23.6 Å². The summed E-state index contributed by atoms with van der Waals surface area (Å²) < 4.78 is 0. The number of thioether (sulfide) groups is 1. The van der Waals surface area contributed by atoms with Crippen molar-refractivity contribution in [2.24, 2.45) is 5.92 Å². The average molecular weight is 229 g/mol. The Balaban J connectivity index is 2.39. The van der Waals surface area contributed by atoms with E-state index in [2.05, 4.69) is 37.8 Å². The molecule has 3 unspecified atom stereocenters. The summed E-state index contributed by atoms with van der Waals surface area (Å²) in [6.45, 7) is 8.09. The Morgan fingerprint density at radius 1 is 1.20 bits per heavy atom. The summed E-state index contributed by atoms with van der Waals surface area (Å²) >= 11 is 2.17. The van der Waals surface area contributed by atoms with Crippen LogP contribution in [0, 0.1) is 5.92 Å². The van der Waals surface area contributed by atoms with E-state index in [1.807, 2.05) is 0 Å². The minimum Gasteiger partial charge on any atom is -0.313 e. The van der Waals surface area contributed by atoms with Crippen molar-refractivity contribution in [3.8, 4) is 0 Å². The maximum atomic E-state index is 3.73. The van der Waals surface area contributed by atoms with Crippen molar-refractivity contribution in [3.63, 3.8) is 0 Å². The molecule has 0 aromatic carbocycles. The van der Waals surface area contributed by atoms with Crippen molar-refractivity contribution < 1.29 is 0 Å². The van der Waals surface area contributed by atoms with Gasteiger partial charge in [0, 0.05) is 11.3 Å². The van der Waals surface area contributed by atoms with Crippen molar-refractivity contribution >= 4 is 11.8 Å². The second kappa shape index (κ2) is 7.56. The third-order valence-electron chi connectivity index (χ3n) is 3.51. The van der Waals surface area contributed by atoms with Gasteiger partial charge in [-0.2, -0.15) is 11.8 Å². The summed E-state index contributed by atoms with van der Waals surface area (Å²) in [5.74, 6) is 2.26. The fourth-order valence-corrected chi connectivity index (χ4v) is 3.85. The molecule has 0 aliphatic heterocycles. The second-order valence-electron chi connectivity index (χ2n) is 4.64. The lowest BCUT2D eigenvalue weighted by molar-refractivity contribution is 0.295. The van der Waals surface area contributed by atoms with E-state index >= 15 is 0 Å². The highest BCUT2D eigenvalue weighted by Gasteiger charge is 2.28. The van der Waals surface area contributed by atoms with E-state index in [4.69, 9.17) is 0 Å². The molecule has 0 saturated heterocycles. The molecule has 0 amide bonds. The molecule has 0 spiro atoms. The third kappa shape index (κ3) is 4.36. The van der Waals surface area contributed by atoms with Crippen LogP contribution in [0.4, 0.5) is 0 Å². The van der Waals surface area contributed by atoms with Gasteiger partial charge in [-0.3, -0.25) is 0 Å². The minimum atomic E-state index is 0.790. The number of nitrogens with one attached hydrogen (secondary N) is 1. The van der Waals surface area contributed by atoms with Gasteiger partial charge in [0.15, 0.2) is 0 Å². The summed E-state index contributed by atoms with van der Waals surface area (Å²) in [4.78, 5) is 0. The molecule has 1 aliphatic carbocycles. The second-order valence-corrected chi connectivity index (χ2v) is 6.16. The molecule has 0 radical (unpaired) electrons. The Labute approximate surface area is 99.8 Å². The highest BCUT2D eigenvalue weighted by molar-refractivity contribution is 7.99. The molecule has 0 aromatic rings. The van der Waals surface area contributed by atoms with Gasteiger partial charge in [-0.1, -0.05) is 27.2 Å². The molecule has 1 N–H and O–H groups in total. The highest BCUT2D eigenvalue weighted by atomic mass is 32.2. The van der Waals surface area contributed by atoms with Gasteiger partial charge in [0.25, 0.3) is 0 Å². The van der Waals surface area contributed by atoms with Crippen LogP contribution in [0.1, 0.15) is 52.9 Å². The summed E-state index contributed by atoms with van der Waals surface area (Å²) in [5, 5.41) is 4.61. The minimum absolute atomic E-state index is 0.790. The Kier molecular flexibility index (Phi) is 6.74. The fourth-order valence-electron chi connectivity index (χ4n) is 2.54. The van der Waals surface area contributed by atoms with Crippen molar-refractivity contribution in [2.75, 3.05) is 12.3 Å². The Hall–Kier alpha value is 0.310. The van der Waals surface area contributed by atoms with E-state index in [-0.39, 0.29) is 0 Å². The first-order valence-electron chi connectivity index (χ1n) is 6.66. The molecule has 1 fully saturated rings. The van der Waals surface area contributed by atoms with Crippen LogP contribution in [0.3, 0.4) is 0 Å². The number of rotatable bonds is 6. The summed E-state index contributed by atoms with van der Waals surface area (Å²) in [7, 11) is 0. The molecule has 0 bridgehead atoms. The Morgan fingerprint density at radius 2 is 2.00 bits per heavy atom.